The average molecular weight is 307 g/mol. The lowest BCUT2D eigenvalue weighted by Crippen LogP contribution is -2.15. The minimum atomic E-state index is 0.587. The lowest BCUT2D eigenvalue weighted by molar-refractivity contribution is 0.171. The number of benzene rings is 1. The van der Waals surface area contributed by atoms with Crippen LogP contribution in [0.3, 0.4) is 0 Å². The molecule has 0 spiro atoms. The van der Waals surface area contributed by atoms with Crippen molar-refractivity contribution in [2.45, 2.75) is 6.92 Å². The van der Waals surface area contributed by atoms with Crippen LogP contribution in [0.25, 0.3) is 22.3 Å². The van der Waals surface area contributed by atoms with E-state index in [4.69, 9.17) is 9.47 Å². The lowest BCUT2D eigenvalue weighted by atomic mass is 10.0. The summed E-state index contributed by atoms with van der Waals surface area (Å²) in [5.41, 5.74) is 5.25. The van der Waals surface area contributed by atoms with Crippen molar-refractivity contribution in [3.05, 3.63) is 48.5 Å². The van der Waals surface area contributed by atoms with Crippen LogP contribution in [0, 0.1) is 6.92 Å². The van der Waals surface area contributed by atoms with Crippen molar-refractivity contribution >= 4 is 0 Å². The first-order valence-electron chi connectivity index (χ1n) is 7.56. The molecule has 0 amide bonds. The Bertz CT molecular complexity index is 870. The quantitative estimate of drug-likeness (QED) is 0.729. The standard InChI is InChI=1S/C18H17N3O2/c1-12-16(7-14(9-19-12)15-10-20-21(2)11-15)13-3-4-17-18(8-13)23-6-5-22-17/h3-4,7-11H,5-6H2,1-2H3. The second-order valence-electron chi connectivity index (χ2n) is 5.62. The van der Waals surface area contributed by atoms with Crippen LogP contribution in [-0.2, 0) is 7.05 Å². The number of pyridine rings is 1. The van der Waals surface area contributed by atoms with Crippen LogP contribution < -0.4 is 9.47 Å². The molecule has 5 heteroatoms. The third kappa shape index (κ3) is 2.54. The van der Waals surface area contributed by atoms with E-state index in [1.165, 1.54) is 0 Å². The van der Waals surface area contributed by atoms with E-state index in [2.05, 4.69) is 16.1 Å². The van der Waals surface area contributed by atoms with Crippen molar-refractivity contribution in [1.29, 1.82) is 0 Å². The van der Waals surface area contributed by atoms with Gasteiger partial charge in [0.25, 0.3) is 0 Å². The van der Waals surface area contributed by atoms with Gasteiger partial charge in [-0.2, -0.15) is 5.10 Å². The Morgan fingerprint density at radius 2 is 1.78 bits per heavy atom. The van der Waals surface area contributed by atoms with Gasteiger partial charge in [-0.3, -0.25) is 9.67 Å². The van der Waals surface area contributed by atoms with Crippen LogP contribution in [0.5, 0.6) is 11.5 Å². The highest BCUT2D eigenvalue weighted by molar-refractivity contribution is 5.74. The van der Waals surface area contributed by atoms with Gasteiger partial charge < -0.3 is 9.47 Å². The molecule has 0 saturated carbocycles. The van der Waals surface area contributed by atoms with Gasteiger partial charge in [0.1, 0.15) is 13.2 Å². The third-order valence-corrected chi connectivity index (χ3v) is 3.98. The maximum atomic E-state index is 5.68. The van der Waals surface area contributed by atoms with Crippen LogP contribution in [0.1, 0.15) is 5.69 Å². The fourth-order valence-corrected chi connectivity index (χ4v) is 2.76. The number of fused-ring (bicyclic) bond motifs is 1. The van der Waals surface area contributed by atoms with E-state index >= 15 is 0 Å². The SMILES string of the molecule is Cc1ncc(-c2cnn(C)c2)cc1-c1ccc2c(c1)OCCO2. The highest BCUT2D eigenvalue weighted by atomic mass is 16.6. The van der Waals surface area contributed by atoms with Gasteiger partial charge in [0.2, 0.25) is 0 Å². The maximum Gasteiger partial charge on any atom is 0.161 e. The summed E-state index contributed by atoms with van der Waals surface area (Å²) >= 11 is 0. The fraction of sp³-hybridized carbons (Fsp3) is 0.222. The molecule has 0 fully saturated rings. The molecule has 5 nitrogen and oxygen atoms in total. The summed E-state index contributed by atoms with van der Waals surface area (Å²) in [5, 5.41) is 4.23. The Labute approximate surface area is 134 Å². The van der Waals surface area contributed by atoms with Gasteiger partial charge in [-0.1, -0.05) is 6.07 Å². The van der Waals surface area contributed by atoms with Gasteiger partial charge in [-0.25, -0.2) is 0 Å². The minimum absolute atomic E-state index is 0.587. The molecule has 4 rings (SSSR count). The topological polar surface area (TPSA) is 49.2 Å². The van der Waals surface area contributed by atoms with Crippen LogP contribution in [-0.4, -0.2) is 28.0 Å². The predicted molar refractivity (Wildman–Crippen MR) is 87.6 cm³/mol. The van der Waals surface area contributed by atoms with E-state index in [9.17, 15) is 0 Å². The Hall–Kier alpha value is -2.82. The van der Waals surface area contributed by atoms with Crippen LogP contribution in [0.4, 0.5) is 0 Å². The number of ether oxygens (including phenoxy) is 2. The molecule has 0 bridgehead atoms. The van der Waals surface area contributed by atoms with E-state index < -0.39 is 0 Å². The Morgan fingerprint density at radius 1 is 0.957 bits per heavy atom. The largest absolute Gasteiger partial charge is 0.486 e. The highest BCUT2D eigenvalue weighted by Gasteiger charge is 2.14. The Kier molecular flexibility index (Phi) is 3.26. The zero-order chi connectivity index (χ0) is 15.8. The van der Waals surface area contributed by atoms with Gasteiger partial charge in [0.15, 0.2) is 11.5 Å². The number of hydrogen-bond acceptors (Lipinski definition) is 4. The Morgan fingerprint density at radius 3 is 2.57 bits per heavy atom. The van der Waals surface area contributed by atoms with Crippen LogP contribution in [0.15, 0.2) is 42.9 Å². The van der Waals surface area contributed by atoms with E-state index in [0.29, 0.717) is 13.2 Å². The molecule has 116 valence electrons. The van der Waals surface area contributed by atoms with Crippen molar-refractivity contribution in [1.82, 2.24) is 14.8 Å². The zero-order valence-electron chi connectivity index (χ0n) is 13.1. The first kappa shape index (κ1) is 13.8. The fourth-order valence-electron chi connectivity index (χ4n) is 2.76. The molecule has 2 aromatic heterocycles. The van der Waals surface area contributed by atoms with E-state index in [1.807, 2.05) is 50.8 Å². The summed E-state index contributed by atoms with van der Waals surface area (Å²) in [5.74, 6) is 1.59. The lowest BCUT2D eigenvalue weighted by Gasteiger charge is -2.19. The summed E-state index contributed by atoms with van der Waals surface area (Å²) in [6.07, 6.45) is 5.72. The molecule has 0 unspecified atom stereocenters. The molecular weight excluding hydrogens is 290 g/mol. The summed E-state index contributed by atoms with van der Waals surface area (Å²) in [6.45, 7) is 3.20. The van der Waals surface area contributed by atoms with Gasteiger partial charge in [0, 0.05) is 41.8 Å². The van der Waals surface area contributed by atoms with E-state index in [0.717, 1.165) is 39.4 Å². The minimum Gasteiger partial charge on any atom is -0.486 e. The number of aryl methyl sites for hydroxylation is 2. The molecule has 0 N–H and O–H groups in total. The predicted octanol–water partition coefficient (Wildman–Crippen LogP) is 3.23. The summed E-state index contributed by atoms with van der Waals surface area (Å²) in [4.78, 5) is 4.54. The van der Waals surface area contributed by atoms with Gasteiger partial charge in [-0.05, 0) is 30.7 Å². The molecule has 1 aromatic carbocycles. The number of nitrogens with zero attached hydrogens (tertiary/aromatic N) is 3. The molecule has 23 heavy (non-hydrogen) atoms. The molecule has 3 heterocycles. The molecule has 0 aliphatic carbocycles. The van der Waals surface area contributed by atoms with Gasteiger partial charge >= 0.3 is 0 Å². The van der Waals surface area contributed by atoms with Crippen molar-refractivity contribution in [2.24, 2.45) is 7.05 Å². The van der Waals surface area contributed by atoms with Gasteiger partial charge in [0.05, 0.1) is 6.20 Å². The number of aromatic nitrogens is 3. The van der Waals surface area contributed by atoms with Crippen LogP contribution in [0.2, 0.25) is 0 Å². The zero-order valence-corrected chi connectivity index (χ0v) is 13.1. The Balaban J connectivity index is 1.79. The van der Waals surface area contributed by atoms with Crippen molar-refractivity contribution in [3.63, 3.8) is 0 Å². The van der Waals surface area contributed by atoms with Crippen molar-refractivity contribution in [3.8, 4) is 33.8 Å². The van der Waals surface area contributed by atoms with E-state index in [-0.39, 0.29) is 0 Å². The summed E-state index contributed by atoms with van der Waals surface area (Å²) in [7, 11) is 1.91. The molecule has 1 aliphatic rings. The van der Waals surface area contributed by atoms with Crippen LogP contribution >= 0.6 is 0 Å². The van der Waals surface area contributed by atoms with Crippen molar-refractivity contribution in [2.75, 3.05) is 13.2 Å². The molecule has 0 radical (unpaired) electrons. The molecule has 3 aromatic rings. The normalized spacial score (nSPS) is 13.1. The highest BCUT2D eigenvalue weighted by Crippen LogP contribution is 2.36. The smallest absolute Gasteiger partial charge is 0.161 e. The first-order chi connectivity index (χ1) is 11.2. The average Bonchev–Trinajstić information content (AvgIpc) is 3.01. The van der Waals surface area contributed by atoms with Crippen molar-refractivity contribution < 1.29 is 9.47 Å². The number of rotatable bonds is 2. The third-order valence-electron chi connectivity index (χ3n) is 3.98. The summed E-state index contributed by atoms with van der Waals surface area (Å²) < 4.78 is 13.1. The number of hydrogen-bond donors (Lipinski definition) is 0. The molecule has 0 saturated heterocycles. The second-order valence-corrected chi connectivity index (χ2v) is 5.62. The molecular formula is C18H17N3O2. The monoisotopic (exact) mass is 307 g/mol. The van der Waals surface area contributed by atoms with E-state index in [1.54, 1.807) is 4.68 Å². The maximum absolute atomic E-state index is 5.68. The molecule has 1 aliphatic heterocycles. The van der Waals surface area contributed by atoms with Gasteiger partial charge in [-0.15, -0.1) is 0 Å². The second kappa shape index (κ2) is 5.43. The summed E-state index contributed by atoms with van der Waals surface area (Å²) in [6, 6.07) is 8.17. The molecule has 0 atom stereocenters. The first-order valence-corrected chi connectivity index (χ1v) is 7.56.